The van der Waals surface area contributed by atoms with Gasteiger partial charge in [-0.3, -0.25) is 4.79 Å². The summed E-state index contributed by atoms with van der Waals surface area (Å²) >= 11 is 0. The molecule has 8 heteroatoms. The Bertz CT molecular complexity index is 870. The lowest BCUT2D eigenvalue weighted by Crippen LogP contribution is -2.29. The third-order valence-electron chi connectivity index (χ3n) is 4.27. The summed E-state index contributed by atoms with van der Waals surface area (Å²) in [6.45, 7) is 3.34. The molecule has 0 heterocycles. The molecule has 8 nitrogen and oxygen atoms in total. The third-order valence-corrected chi connectivity index (χ3v) is 4.27. The molecular formula is C22H27NO7. The molecule has 0 bridgehead atoms. The quantitative estimate of drug-likeness (QED) is 0.594. The van der Waals surface area contributed by atoms with Gasteiger partial charge in [0, 0.05) is 6.54 Å². The molecular weight excluding hydrogens is 390 g/mol. The highest BCUT2D eigenvalue weighted by Gasteiger charge is 2.14. The number of amides is 1. The van der Waals surface area contributed by atoms with Crippen LogP contribution in [-0.4, -0.2) is 46.4 Å². The Kier molecular flexibility index (Phi) is 8.34. The smallest absolute Gasteiger partial charge is 0.344 e. The molecule has 0 aliphatic rings. The summed E-state index contributed by atoms with van der Waals surface area (Å²) in [4.78, 5) is 23.9. The minimum atomic E-state index is -0.626. The van der Waals surface area contributed by atoms with E-state index < -0.39 is 18.5 Å². The summed E-state index contributed by atoms with van der Waals surface area (Å²) in [6, 6.07) is 9.16. The zero-order valence-corrected chi connectivity index (χ0v) is 17.9. The molecule has 0 saturated carbocycles. The predicted octanol–water partition coefficient (Wildman–Crippen LogP) is 2.57. The van der Waals surface area contributed by atoms with E-state index in [1.54, 1.807) is 12.1 Å². The van der Waals surface area contributed by atoms with E-state index in [1.165, 1.54) is 21.3 Å². The van der Waals surface area contributed by atoms with Gasteiger partial charge in [-0.05, 0) is 48.7 Å². The third kappa shape index (κ3) is 6.30. The van der Waals surface area contributed by atoms with E-state index in [9.17, 15) is 9.59 Å². The van der Waals surface area contributed by atoms with Crippen molar-refractivity contribution in [1.82, 2.24) is 5.32 Å². The Morgan fingerprint density at radius 1 is 0.867 bits per heavy atom. The van der Waals surface area contributed by atoms with Gasteiger partial charge in [0.25, 0.3) is 5.91 Å². The lowest BCUT2D eigenvalue weighted by atomic mass is 10.1. The summed E-state index contributed by atoms with van der Waals surface area (Å²) in [6.07, 6.45) is 0. The zero-order chi connectivity index (χ0) is 22.1. The number of rotatable bonds is 10. The summed E-state index contributed by atoms with van der Waals surface area (Å²) < 4.78 is 26.3. The highest BCUT2D eigenvalue weighted by Crippen LogP contribution is 2.38. The highest BCUT2D eigenvalue weighted by molar-refractivity contribution is 5.81. The second-order valence-corrected chi connectivity index (χ2v) is 6.53. The zero-order valence-electron chi connectivity index (χ0n) is 17.9. The number of carbonyl (C=O) groups is 2. The Morgan fingerprint density at radius 2 is 1.53 bits per heavy atom. The predicted molar refractivity (Wildman–Crippen MR) is 110 cm³/mol. The molecule has 0 aliphatic heterocycles. The fraction of sp³-hybridized carbons (Fsp3) is 0.364. The highest BCUT2D eigenvalue weighted by atomic mass is 16.6. The van der Waals surface area contributed by atoms with Crippen LogP contribution in [0.15, 0.2) is 30.3 Å². The second-order valence-electron chi connectivity index (χ2n) is 6.53. The lowest BCUT2D eigenvalue weighted by Gasteiger charge is -2.14. The maximum atomic E-state index is 12.0. The van der Waals surface area contributed by atoms with E-state index in [-0.39, 0.29) is 13.2 Å². The van der Waals surface area contributed by atoms with Crippen LogP contribution < -0.4 is 24.3 Å². The molecule has 1 N–H and O–H groups in total. The van der Waals surface area contributed by atoms with Gasteiger partial charge >= 0.3 is 5.97 Å². The molecule has 2 aromatic rings. The molecule has 0 aliphatic carbocycles. The monoisotopic (exact) mass is 417 g/mol. The van der Waals surface area contributed by atoms with Crippen LogP contribution in [0.3, 0.4) is 0 Å². The normalized spacial score (nSPS) is 10.2. The van der Waals surface area contributed by atoms with Crippen molar-refractivity contribution in [3.63, 3.8) is 0 Å². The van der Waals surface area contributed by atoms with Crippen molar-refractivity contribution in [3.8, 4) is 23.0 Å². The molecule has 1 amide bonds. The first-order valence-corrected chi connectivity index (χ1v) is 9.29. The van der Waals surface area contributed by atoms with E-state index in [0.29, 0.717) is 23.0 Å². The van der Waals surface area contributed by atoms with Crippen LogP contribution >= 0.6 is 0 Å². The minimum absolute atomic E-state index is 0.200. The van der Waals surface area contributed by atoms with Crippen LogP contribution in [0, 0.1) is 13.8 Å². The van der Waals surface area contributed by atoms with Crippen LogP contribution in [0.1, 0.15) is 16.7 Å². The minimum Gasteiger partial charge on any atom is -0.493 e. The van der Waals surface area contributed by atoms with Gasteiger partial charge in [0.15, 0.2) is 24.7 Å². The van der Waals surface area contributed by atoms with E-state index >= 15 is 0 Å². The number of aryl methyl sites for hydroxylation is 2. The first kappa shape index (κ1) is 22.9. The maximum Gasteiger partial charge on any atom is 0.344 e. The van der Waals surface area contributed by atoms with E-state index in [0.717, 1.165) is 16.7 Å². The van der Waals surface area contributed by atoms with Crippen LogP contribution in [0.25, 0.3) is 0 Å². The fourth-order valence-electron chi connectivity index (χ4n) is 2.68. The standard InChI is InChI=1S/C22H27NO7/c1-14-6-7-15(2)17(8-14)29-13-21(25)30-12-20(24)23-11-16-9-18(26-3)22(28-5)19(10-16)27-4/h6-10H,11-13H2,1-5H3,(H,23,24). The number of hydrogen-bond acceptors (Lipinski definition) is 7. The van der Waals surface area contributed by atoms with Gasteiger partial charge in [0.1, 0.15) is 5.75 Å². The number of benzene rings is 2. The van der Waals surface area contributed by atoms with Crippen LogP contribution in [-0.2, 0) is 20.9 Å². The second kappa shape index (κ2) is 10.9. The number of hydrogen-bond donors (Lipinski definition) is 1. The van der Waals surface area contributed by atoms with Crippen molar-refractivity contribution >= 4 is 11.9 Å². The Balaban J connectivity index is 1.82. The number of ether oxygens (including phenoxy) is 5. The molecule has 0 spiro atoms. The van der Waals surface area contributed by atoms with Gasteiger partial charge in [-0.2, -0.15) is 0 Å². The van der Waals surface area contributed by atoms with E-state index in [1.807, 2.05) is 32.0 Å². The molecule has 0 fully saturated rings. The average molecular weight is 417 g/mol. The van der Waals surface area contributed by atoms with Gasteiger partial charge in [-0.15, -0.1) is 0 Å². The SMILES string of the molecule is COc1cc(CNC(=O)COC(=O)COc2cc(C)ccc2C)cc(OC)c1OC. The molecule has 30 heavy (non-hydrogen) atoms. The number of esters is 1. The number of methoxy groups -OCH3 is 3. The van der Waals surface area contributed by atoms with Crippen LogP contribution in [0.2, 0.25) is 0 Å². The summed E-state index contributed by atoms with van der Waals surface area (Å²) in [5, 5.41) is 2.68. The molecule has 0 saturated heterocycles. The lowest BCUT2D eigenvalue weighted by molar-refractivity contribution is -0.150. The fourth-order valence-corrected chi connectivity index (χ4v) is 2.68. The van der Waals surface area contributed by atoms with Gasteiger partial charge in [-0.25, -0.2) is 4.79 Å². The molecule has 2 aromatic carbocycles. The number of nitrogens with one attached hydrogen (secondary N) is 1. The first-order chi connectivity index (χ1) is 14.4. The van der Waals surface area contributed by atoms with Gasteiger partial charge in [0.2, 0.25) is 5.75 Å². The molecule has 0 atom stereocenters. The van der Waals surface area contributed by atoms with Crippen LogP contribution in [0.5, 0.6) is 23.0 Å². The molecule has 0 aromatic heterocycles. The topological polar surface area (TPSA) is 92.3 Å². The molecule has 2 rings (SSSR count). The number of carbonyl (C=O) groups excluding carboxylic acids is 2. The van der Waals surface area contributed by atoms with Crippen molar-refractivity contribution in [2.75, 3.05) is 34.5 Å². The molecule has 162 valence electrons. The average Bonchev–Trinajstić information content (AvgIpc) is 2.75. The van der Waals surface area contributed by atoms with Crippen molar-refractivity contribution < 1.29 is 33.3 Å². The van der Waals surface area contributed by atoms with Crippen molar-refractivity contribution in [2.45, 2.75) is 20.4 Å². The van der Waals surface area contributed by atoms with Gasteiger partial charge in [0.05, 0.1) is 21.3 Å². The summed E-state index contributed by atoms with van der Waals surface area (Å²) in [7, 11) is 4.54. The van der Waals surface area contributed by atoms with Crippen LogP contribution in [0.4, 0.5) is 0 Å². The summed E-state index contributed by atoms with van der Waals surface area (Å²) in [5.41, 5.74) is 2.68. The molecule has 0 unspecified atom stereocenters. The van der Waals surface area contributed by atoms with Crippen molar-refractivity contribution in [2.24, 2.45) is 0 Å². The van der Waals surface area contributed by atoms with Gasteiger partial charge < -0.3 is 29.0 Å². The van der Waals surface area contributed by atoms with Crippen molar-refractivity contribution in [1.29, 1.82) is 0 Å². The summed E-state index contributed by atoms with van der Waals surface area (Å²) in [5.74, 6) is 0.974. The Hall–Kier alpha value is -3.42. The Morgan fingerprint density at radius 3 is 2.13 bits per heavy atom. The van der Waals surface area contributed by atoms with Gasteiger partial charge in [-0.1, -0.05) is 12.1 Å². The first-order valence-electron chi connectivity index (χ1n) is 9.29. The Labute approximate surface area is 176 Å². The van der Waals surface area contributed by atoms with E-state index in [4.69, 9.17) is 23.7 Å². The largest absolute Gasteiger partial charge is 0.493 e. The molecule has 0 radical (unpaired) electrons. The van der Waals surface area contributed by atoms with E-state index in [2.05, 4.69) is 5.32 Å². The maximum absolute atomic E-state index is 12.0. The van der Waals surface area contributed by atoms with Crippen molar-refractivity contribution in [3.05, 3.63) is 47.0 Å².